The lowest BCUT2D eigenvalue weighted by Crippen LogP contribution is -2.29. The molecule has 0 aliphatic carbocycles. The first kappa shape index (κ1) is 16.6. The maximum atomic E-state index is 12.5. The first-order chi connectivity index (χ1) is 10.3. The molecule has 2 amide bonds. The molecule has 1 fully saturated rings. The van der Waals surface area contributed by atoms with Gasteiger partial charge >= 0.3 is 6.18 Å². The number of rotatable bonds is 4. The Bertz CT molecular complexity index is 608. The molecule has 1 aliphatic rings. The molecule has 0 atom stereocenters. The number of hydrogen-bond donors (Lipinski definition) is 0. The van der Waals surface area contributed by atoms with Crippen molar-refractivity contribution in [1.29, 1.82) is 0 Å². The summed E-state index contributed by atoms with van der Waals surface area (Å²) in [5, 5.41) is -0.336. The minimum absolute atomic E-state index is 0.237. The van der Waals surface area contributed by atoms with E-state index in [1.165, 1.54) is 23.1 Å². The van der Waals surface area contributed by atoms with Crippen molar-refractivity contribution in [1.82, 2.24) is 4.90 Å². The van der Waals surface area contributed by atoms with Crippen LogP contribution < -0.4 is 0 Å². The zero-order valence-corrected chi connectivity index (χ0v) is 12.6. The predicted molar refractivity (Wildman–Crippen MR) is 79.0 cm³/mol. The van der Waals surface area contributed by atoms with Crippen LogP contribution in [-0.4, -0.2) is 22.6 Å². The highest BCUT2D eigenvalue weighted by Crippen LogP contribution is 2.33. The van der Waals surface area contributed by atoms with E-state index in [9.17, 15) is 22.8 Å². The average Bonchev–Trinajstić information content (AvgIpc) is 2.71. The molecule has 7 heteroatoms. The van der Waals surface area contributed by atoms with E-state index < -0.39 is 11.7 Å². The number of benzene rings is 1. The Balaban J connectivity index is 2.16. The molecule has 0 radical (unpaired) electrons. The van der Waals surface area contributed by atoms with Crippen LogP contribution in [0.1, 0.15) is 30.9 Å². The highest BCUT2D eigenvalue weighted by molar-refractivity contribution is 8.18. The second-order valence-corrected chi connectivity index (χ2v) is 5.80. The van der Waals surface area contributed by atoms with Crippen LogP contribution in [0.25, 0.3) is 6.08 Å². The quantitative estimate of drug-likeness (QED) is 0.761. The molecular formula is C15H14F3NO2S. The van der Waals surface area contributed by atoms with Crippen LogP contribution in [0.3, 0.4) is 0 Å². The smallest absolute Gasteiger partial charge is 0.268 e. The molecule has 1 saturated heterocycles. The molecular weight excluding hydrogens is 315 g/mol. The van der Waals surface area contributed by atoms with Gasteiger partial charge in [-0.3, -0.25) is 14.5 Å². The standard InChI is InChI=1S/C15H14F3NO2S/c1-2-3-8-19-13(20)12(22-14(19)21)9-10-4-6-11(7-5-10)15(16,17)18/h4-7,9H,2-3,8H2,1H3/b12-9-. The van der Waals surface area contributed by atoms with Crippen LogP contribution in [0.15, 0.2) is 29.2 Å². The van der Waals surface area contributed by atoms with Gasteiger partial charge in [-0.25, -0.2) is 0 Å². The summed E-state index contributed by atoms with van der Waals surface area (Å²) in [5.41, 5.74) is -0.297. The van der Waals surface area contributed by atoms with Crippen LogP contribution in [0.2, 0.25) is 0 Å². The number of nitrogens with zero attached hydrogens (tertiary/aromatic N) is 1. The molecule has 0 saturated carbocycles. The first-order valence-corrected chi connectivity index (χ1v) is 7.57. The van der Waals surface area contributed by atoms with Gasteiger partial charge in [0.05, 0.1) is 10.5 Å². The van der Waals surface area contributed by atoms with E-state index in [1.54, 1.807) is 0 Å². The molecule has 0 spiro atoms. The Morgan fingerprint density at radius 3 is 2.36 bits per heavy atom. The zero-order chi connectivity index (χ0) is 16.3. The number of unbranched alkanes of at least 4 members (excludes halogenated alkanes) is 1. The van der Waals surface area contributed by atoms with Crippen molar-refractivity contribution in [2.45, 2.75) is 25.9 Å². The molecule has 3 nitrogen and oxygen atoms in total. The van der Waals surface area contributed by atoms with Crippen molar-refractivity contribution in [3.63, 3.8) is 0 Å². The van der Waals surface area contributed by atoms with Gasteiger partial charge in [-0.2, -0.15) is 13.2 Å². The van der Waals surface area contributed by atoms with Crippen molar-refractivity contribution >= 4 is 29.0 Å². The van der Waals surface area contributed by atoms with E-state index in [1.807, 2.05) is 6.92 Å². The zero-order valence-electron chi connectivity index (χ0n) is 11.8. The van der Waals surface area contributed by atoms with Crippen molar-refractivity contribution in [3.8, 4) is 0 Å². The molecule has 0 bridgehead atoms. The number of halogens is 3. The Morgan fingerprint density at radius 2 is 1.82 bits per heavy atom. The topological polar surface area (TPSA) is 37.4 Å². The monoisotopic (exact) mass is 329 g/mol. The molecule has 22 heavy (non-hydrogen) atoms. The average molecular weight is 329 g/mol. The summed E-state index contributed by atoms with van der Waals surface area (Å²) in [6, 6.07) is 4.46. The number of imide groups is 1. The molecule has 2 rings (SSSR count). The fraction of sp³-hybridized carbons (Fsp3) is 0.333. The molecule has 0 aromatic heterocycles. The van der Waals surface area contributed by atoms with Gasteiger partial charge in [0.25, 0.3) is 11.1 Å². The Hall–Kier alpha value is -1.76. The molecule has 1 aromatic rings. The normalized spacial score (nSPS) is 17.6. The van der Waals surface area contributed by atoms with Crippen LogP contribution >= 0.6 is 11.8 Å². The summed E-state index contributed by atoms with van der Waals surface area (Å²) in [7, 11) is 0. The molecule has 1 aliphatic heterocycles. The molecule has 1 heterocycles. The second-order valence-electron chi connectivity index (χ2n) is 4.81. The van der Waals surface area contributed by atoms with Gasteiger partial charge in [-0.15, -0.1) is 0 Å². The number of thioether (sulfide) groups is 1. The van der Waals surface area contributed by atoms with Gasteiger partial charge in [-0.1, -0.05) is 25.5 Å². The Morgan fingerprint density at radius 1 is 1.18 bits per heavy atom. The van der Waals surface area contributed by atoms with Crippen LogP contribution in [0.4, 0.5) is 18.0 Å². The van der Waals surface area contributed by atoms with Crippen molar-refractivity contribution in [2.24, 2.45) is 0 Å². The second kappa shape index (κ2) is 6.56. The minimum Gasteiger partial charge on any atom is -0.268 e. The third-order valence-electron chi connectivity index (χ3n) is 3.14. The summed E-state index contributed by atoms with van der Waals surface area (Å²) in [5.74, 6) is -0.386. The van der Waals surface area contributed by atoms with Gasteiger partial charge in [-0.05, 0) is 42.0 Å². The predicted octanol–water partition coefficient (Wildman–Crippen LogP) is 4.54. The maximum absolute atomic E-state index is 12.5. The molecule has 118 valence electrons. The number of amides is 2. The first-order valence-electron chi connectivity index (χ1n) is 6.75. The number of alkyl halides is 3. The van der Waals surface area contributed by atoms with E-state index in [4.69, 9.17) is 0 Å². The van der Waals surface area contributed by atoms with Gasteiger partial charge in [0, 0.05) is 6.54 Å². The fourth-order valence-corrected chi connectivity index (χ4v) is 2.79. The summed E-state index contributed by atoms with van der Waals surface area (Å²) >= 11 is 0.813. The van der Waals surface area contributed by atoms with Crippen molar-refractivity contribution in [3.05, 3.63) is 40.3 Å². The summed E-state index contributed by atoms with van der Waals surface area (Å²) in [6.07, 6.45) is -1.36. The number of carbonyl (C=O) groups is 2. The van der Waals surface area contributed by atoms with E-state index in [0.717, 1.165) is 36.7 Å². The van der Waals surface area contributed by atoms with Crippen LogP contribution in [0.5, 0.6) is 0 Å². The Kier molecular flexibility index (Phi) is 4.95. The van der Waals surface area contributed by atoms with Gasteiger partial charge in [0.15, 0.2) is 0 Å². The number of hydrogen-bond acceptors (Lipinski definition) is 3. The third kappa shape index (κ3) is 3.71. The van der Waals surface area contributed by atoms with Crippen LogP contribution in [0, 0.1) is 0 Å². The summed E-state index contributed by atoms with van der Waals surface area (Å²) in [6.45, 7) is 2.32. The lowest BCUT2D eigenvalue weighted by molar-refractivity contribution is -0.137. The highest BCUT2D eigenvalue weighted by atomic mass is 32.2. The summed E-state index contributed by atoms with van der Waals surface area (Å²) < 4.78 is 37.4. The molecule has 0 unspecified atom stereocenters. The van der Waals surface area contributed by atoms with Gasteiger partial charge in [0.1, 0.15) is 0 Å². The van der Waals surface area contributed by atoms with E-state index in [0.29, 0.717) is 12.1 Å². The SMILES string of the molecule is CCCCN1C(=O)S/C(=C\c2ccc(C(F)(F)F)cc2)C1=O. The Labute approximate surface area is 130 Å². The van der Waals surface area contributed by atoms with Gasteiger partial charge < -0.3 is 0 Å². The number of carbonyl (C=O) groups excluding carboxylic acids is 2. The van der Waals surface area contributed by atoms with Gasteiger partial charge in [0.2, 0.25) is 0 Å². The minimum atomic E-state index is -4.39. The summed E-state index contributed by atoms with van der Waals surface area (Å²) in [4.78, 5) is 25.3. The molecule has 0 N–H and O–H groups in total. The maximum Gasteiger partial charge on any atom is 0.416 e. The fourth-order valence-electron chi connectivity index (χ4n) is 1.93. The van der Waals surface area contributed by atoms with Crippen molar-refractivity contribution in [2.75, 3.05) is 6.54 Å². The lowest BCUT2D eigenvalue weighted by atomic mass is 10.1. The van der Waals surface area contributed by atoms with E-state index in [2.05, 4.69) is 0 Å². The van der Waals surface area contributed by atoms with E-state index >= 15 is 0 Å². The highest BCUT2D eigenvalue weighted by Gasteiger charge is 2.34. The molecule has 1 aromatic carbocycles. The largest absolute Gasteiger partial charge is 0.416 e. The van der Waals surface area contributed by atoms with E-state index in [-0.39, 0.29) is 16.1 Å². The third-order valence-corrected chi connectivity index (χ3v) is 4.05. The van der Waals surface area contributed by atoms with Crippen LogP contribution in [-0.2, 0) is 11.0 Å². The lowest BCUT2D eigenvalue weighted by Gasteiger charge is -2.10. The van der Waals surface area contributed by atoms with Crippen molar-refractivity contribution < 1.29 is 22.8 Å².